The molecular formula is C11H10N4O2. The fourth-order valence-corrected chi connectivity index (χ4v) is 1.16. The van der Waals surface area contributed by atoms with Gasteiger partial charge in [-0.05, 0) is 29.8 Å². The molecule has 17 heavy (non-hydrogen) atoms. The second-order valence-corrected chi connectivity index (χ2v) is 3.24. The summed E-state index contributed by atoms with van der Waals surface area (Å²) in [4.78, 5) is 17.3. The molecule has 0 bridgehead atoms. The number of benzene rings is 1. The van der Waals surface area contributed by atoms with Crippen LogP contribution in [0.1, 0.15) is 5.56 Å². The molecule has 86 valence electrons. The minimum absolute atomic E-state index is 0.198. The van der Waals surface area contributed by atoms with E-state index in [-0.39, 0.29) is 17.3 Å². The van der Waals surface area contributed by atoms with E-state index in [4.69, 9.17) is 5.11 Å². The molecule has 1 aromatic carbocycles. The highest BCUT2D eigenvalue weighted by atomic mass is 16.3. The lowest BCUT2D eigenvalue weighted by molar-refractivity contribution is 0.475. The van der Waals surface area contributed by atoms with E-state index in [1.807, 2.05) is 0 Å². The first kappa shape index (κ1) is 10.9. The zero-order chi connectivity index (χ0) is 12.1. The number of aromatic hydroxyl groups is 1. The molecule has 0 atom stereocenters. The summed E-state index contributed by atoms with van der Waals surface area (Å²) in [5, 5.41) is 13.0. The minimum atomic E-state index is -0.248. The monoisotopic (exact) mass is 230 g/mol. The topological polar surface area (TPSA) is 90.4 Å². The molecule has 0 saturated carbocycles. The predicted octanol–water partition coefficient (Wildman–Crippen LogP) is 0.921. The number of phenolic OH excluding ortho intramolecular Hbond substituents is 1. The van der Waals surface area contributed by atoms with Gasteiger partial charge in [0.05, 0.1) is 6.21 Å². The van der Waals surface area contributed by atoms with Crippen LogP contribution in [0.2, 0.25) is 0 Å². The standard InChI is InChI=1S/C11H10N4O2/c16-9-3-1-8(2-4-9)7-13-15-11-12-6-5-10(17)14-11/h1-7,16H,(H2,12,14,15,17). The van der Waals surface area contributed by atoms with Gasteiger partial charge in [0.2, 0.25) is 5.95 Å². The molecule has 6 heteroatoms. The molecule has 0 amide bonds. The van der Waals surface area contributed by atoms with Crippen LogP contribution in [-0.4, -0.2) is 21.3 Å². The predicted molar refractivity (Wildman–Crippen MR) is 64.2 cm³/mol. The summed E-state index contributed by atoms with van der Waals surface area (Å²) in [7, 11) is 0. The van der Waals surface area contributed by atoms with E-state index >= 15 is 0 Å². The Balaban J connectivity index is 2.02. The first-order chi connectivity index (χ1) is 8.24. The molecule has 0 unspecified atom stereocenters. The van der Waals surface area contributed by atoms with Gasteiger partial charge in [0.25, 0.3) is 5.56 Å². The van der Waals surface area contributed by atoms with Crippen molar-refractivity contribution in [3.8, 4) is 5.75 Å². The van der Waals surface area contributed by atoms with Crippen molar-refractivity contribution in [3.05, 3.63) is 52.4 Å². The molecule has 3 N–H and O–H groups in total. The van der Waals surface area contributed by atoms with Gasteiger partial charge in [0.15, 0.2) is 0 Å². The van der Waals surface area contributed by atoms with Crippen LogP contribution in [0.5, 0.6) is 5.75 Å². The van der Waals surface area contributed by atoms with Gasteiger partial charge in [-0.3, -0.25) is 9.78 Å². The largest absolute Gasteiger partial charge is 0.508 e. The van der Waals surface area contributed by atoms with E-state index in [1.54, 1.807) is 30.5 Å². The van der Waals surface area contributed by atoms with Crippen molar-refractivity contribution in [1.82, 2.24) is 9.97 Å². The number of nitrogens with zero attached hydrogens (tertiary/aromatic N) is 2. The Kier molecular flexibility index (Phi) is 3.15. The van der Waals surface area contributed by atoms with Crippen molar-refractivity contribution in [2.24, 2.45) is 5.10 Å². The highest BCUT2D eigenvalue weighted by Gasteiger charge is 1.91. The van der Waals surface area contributed by atoms with Crippen LogP contribution in [0.25, 0.3) is 0 Å². The average Bonchev–Trinajstić information content (AvgIpc) is 2.32. The molecule has 1 aromatic heterocycles. The molecule has 2 aromatic rings. The highest BCUT2D eigenvalue weighted by molar-refractivity contribution is 5.80. The van der Waals surface area contributed by atoms with Crippen LogP contribution in [0.4, 0.5) is 5.95 Å². The number of aromatic nitrogens is 2. The zero-order valence-corrected chi connectivity index (χ0v) is 8.79. The molecule has 0 aliphatic rings. The van der Waals surface area contributed by atoms with E-state index in [0.29, 0.717) is 0 Å². The lowest BCUT2D eigenvalue weighted by Gasteiger charge is -1.97. The third-order valence-corrected chi connectivity index (χ3v) is 1.95. The van der Waals surface area contributed by atoms with E-state index in [0.717, 1.165) is 5.56 Å². The first-order valence-electron chi connectivity index (χ1n) is 4.87. The lowest BCUT2D eigenvalue weighted by Crippen LogP contribution is -2.07. The SMILES string of the molecule is O=c1ccnc(NN=Cc2ccc(O)cc2)[nH]1. The van der Waals surface area contributed by atoms with Crippen molar-refractivity contribution < 1.29 is 5.11 Å². The van der Waals surface area contributed by atoms with E-state index < -0.39 is 0 Å². The Bertz CT molecular complexity index is 575. The van der Waals surface area contributed by atoms with Gasteiger partial charge < -0.3 is 5.11 Å². The summed E-state index contributed by atoms with van der Waals surface area (Å²) in [5.74, 6) is 0.469. The van der Waals surface area contributed by atoms with Crippen molar-refractivity contribution >= 4 is 12.2 Å². The average molecular weight is 230 g/mol. The number of phenols is 1. The number of anilines is 1. The van der Waals surface area contributed by atoms with Crippen LogP contribution >= 0.6 is 0 Å². The lowest BCUT2D eigenvalue weighted by atomic mass is 10.2. The Labute approximate surface area is 96.7 Å². The molecule has 1 heterocycles. The third-order valence-electron chi connectivity index (χ3n) is 1.95. The fraction of sp³-hybridized carbons (Fsp3) is 0. The number of aromatic amines is 1. The molecule has 6 nitrogen and oxygen atoms in total. The Morgan fingerprint density at radius 2 is 2.06 bits per heavy atom. The van der Waals surface area contributed by atoms with Gasteiger partial charge >= 0.3 is 0 Å². The summed E-state index contributed by atoms with van der Waals surface area (Å²) in [5.41, 5.74) is 3.15. The summed E-state index contributed by atoms with van der Waals surface area (Å²) in [6, 6.07) is 7.85. The van der Waals surface area contributed by atoms with Gasteiger partial charge in [-0.25, -0.2) is 10.4 Å². The number of hydrogen-bond acceptors (Lipinski definition) is 5. The molecule has 0 radical (unpaired) electrons. The zero-order valence-electron chi connectivity index (χ0n) is 8.79. The van der Waals surface area contributed by atoms with Crippen molar-refractivity contribution in [2.45, 2.75) is 0 Å². The second kappa shape index (κ2) is 4.93. The smallest absolute Gasteiger partial charge is 0.252 e. The van der Waals surface area contributed by atoms with Crippen LogP contribution < -0.4 is 11.0 Å². The third kappa shape index (κ3) is 3.16. The maximum Gasteiger partial charge on any atom is 0.252 e. The first-order valence-corrected chi connectivity index (χ1v) is 4.87. The number of H-pyrrole nitrogens is 1. The summed E-state index contributed by atoms with van der Waals surface area (Å²) in [6.07, 6.45) is 2.93. The quantitative estimate of drug-likeness (QED) is 0.540. The maximum absolute atomic E-state index is 10.9. The number of hydrogen-bond donors (Lipinski definition) is 3. The molecule has 0 saturated heterocycles. The number of hydrazone groups is 1. The molecule has 0 aliphatic heterocycles. The Morgan fingerprint density at radius 1 is 1.29 bits per heavy atom. The maximum atomic E-state index is 10.9. The Morgan fingerprint density at radius 3 is 2.76 bits per heavy atom. The second-order valence-electron chi connectivity index (χ2n) is 3.24. The van der Waals surface area contributed by atoms with Gasteiger partial charge in [-0.2, -0.15) is 5.10 Å². The number of rotatable bonds is 3. The van der Waals surface area contributed by atoms with Crippen LogP contribution in [-0.2, 0) is 0 Å². The summed E-state index contributed by atoms with van der Waals surface area (Å²) in [6.45, 7) is 0. The molecule has 0 spiro atoms. The van der Waals surface area contributed by atoms with Crippen LogP contribution in [0, 0.1) is 0 Å². The highest BCUT2D eigenvalue weighted by Crippen LogP contribution is 2.07. The van der Waals surface area contributed by atoms with Crippen LogP contribution in [0.15, 0.2) is 46.4 Å². The van der Waals surface area contributed by atoms with Crippen LogP contribution in [0.3, 0.4) is 0 Å². The minimum Gasteiger partial charge on any atom is -0.508 e. The van der Waals surface area contributed by atoms with E-state index in [2.05, 4.69) is 20.5 Å². The normalized spacial score (nSPS) is 10.6. The number of nitrogens with one attached hydrogen (secondary N) is 2. The fourth-order valence-electron chi connectivity index (χ4n) is 1.16. The van der Waals surface area contributed by atoms with Gasteiger partial charge in [0, 0.05) is 12.3 Å². The molecule has 0 aliphatic carbocycles. The molecular weight excluding hydrogens is 220 g/mol. The van der Waals surface area contributed by atoms with Crippen molar-refractivity contribution in [2.75, 3.05) is 5.43 Å². The van der Waals surface area contributed by atoms with Crippen molar-refractivity contribution in [1.29, 1.82) is 0 Å². The summed E-state index contributed by atoms with van der Waals surface area (Å²) >= 11 is 0. The Hall–Kier alpha value is -2.63. The van der Waals surface area contributed by atoms with Gasteiger partial charge in [-0.15, -0.1) is 0 Å². The van der Waals surface area contributed by atoms with Crippen molar-refractivity contribution in [3.63, 3.8) is 0 Å². The molecule has 2 rings (SSSR count). The summed E-state index contributed by atoms with van der Waals surface area (Å²) < 4.78 is 0. The van der Waals surface area contributed by atoms with E-state index in [9.17, 15) is 4.79 Å². The molecule has 0 fully saturated rings. The van der Waals surface area contributed by atoms with E-state index in [1.165, 1.54) is 12.3 Å². The van der Waals surface area contributed by atoms with Gasteiger partial charge in [0.1, 0.15) is 5.75 Å². The van der Waals surface area contributed by atoms with Gasteiger partial charge in [-0.1, -0.05) is 0 Å².